The standard InChI is InChI=1S/C25H39N3O2/c1-2-3-4-5-6-7-8-9-12-21-13-15-22(16-14-21)25-26-24(30-27-25)19-23(29)20-28-17-10-11-18-28/h13-16,23,29H,2-12,17-20H2,1H3. The molecule has 3 rings (SSSR count). The highest BCUT2D eigenvalue weighted by atomic mass is 16.5. The van der Waals surface area contributed by atoms with Crippen LogP contribution in [-0.2, 0) is 12.8 Å². The third kappa shape index (κ3) is 7.84. The molecule has 0 aliphatic carbocycles. The molecule has 1 aromatic carbocycles. The van der Waals surface area contributed by atoms with Crippen molar-refractivity contribution >= 4 is 0 Å². The van der Waals surface area contributed by atoms with Crippen LogP contribution >= 0.6 is 0 Å². The SMILES string of the molecule is CCCCCCCCCCc1ccc(-c2noc(CC(O)CN3CCCC3)n2)cc1. The molecule has 2 heterocycles. The van der Waals surface area contributed by atoms with Crippen LogP contribution in [0.4, 0.5) is 0 Å². The van der Waals surface area contributed by atoms with Gasteiger partial charge in [0.15, 0.2) is 0 Å². The molecule has 166 valence electrons. The highest BCUT2D eigenvalue weighted by Gasteiger charge is 2.18. The van der Waals surface area contributed by atoms with Crippen molar-refractivity contribution in [1.29, 1.82) is 0 Å². The molecule has 1 aliphatic heterocycles. The van der Waals surface area contributed by atoms with Gasteiger partial charge in [-0.05, 0) is 44.3 Å². The number of benzene rings is 1. The van der Waals surface area contributed by atoms with E-state index in [4.69, 9.17) is 4.52 Å². The lowest BCUT2D eigenvalue weighted by Crippen LogP contribution is -2.31. The van der Waals surface area contributed by atoms with E-state index < -0.39 is 6.10 Å². The molecule has 0 saturated carbocycles. The van der Waals surface area contributed by atoms with E-state index in [2.05, 4.69) is 46.2 Å². The first-order valence-electron chi connectivity index (χ1n) is 12.1. The van der Waals surface area contributed by atoms with E-state index in [-0.39, 0.29) is 0 Å². The normalized spacial score (nSPS) is 15.7. The molecular formula is C25H39N3O2. The van der Waals surface area contributed by atoms with Gasteiger partial charge >= 0.3 is 0 Å². The number of hydrogen-bond donors (Lipinski definition) is 1. The zero-order chi connectivity index (χ0) is 21.0. The topological polar surface area (TPSA) is 62.4 Å². The molecule has 2 aromatic rings. The van der Waals surface area contributed by atoms with Crippen molar-refractivity contribution in [2.45, 2.75) is 90.1 Å². The average Bonchev–Trinajstić information content (AvgIpc) is 3.43. The van der Waals surface area contributed by atoms with E-state index in [1.165, 1.54) is 69.8 Å². The lowest BCUT2D eigenvalue weighted by atomic mass is 10.0. The summed E-state index contributed by atoms with van der Waals surface area (Å²) in [6, 6.07) is 8.51. The fourth-order valence-corrected chi connectivity index (χ4v) is 4.27. The molecule has 1 N–H and O–H groups in total. The molecule has 0 amide bonds. The molecule has 5 nitrogen and oxygen atoms in total. The Bertz CT molecular complexity index is 707. The van der Waals surface area contributed by atoms with Crippen LogP contribution in [0.2, 0.25) is 0 Å². The number of likely N-dealkylation sites (tertiary alicyclic amines) is 1. The Balaban J connectivity index is 1.37. The van der Waals surface area contributed by atoms with E-state index >= 15 is 0 Å². The summed E-state index contributed by atoms with van der Waals surface area (Å²) in [5.74, 6) is 1.12. The van der Waals surface area contributed by atoms with Gasteiger partial charge in [0.05, 0.1) is 12.5 Å². The summed E-state index contributed by atoms with van der Waals surface area (Å²) in [6.07, 6.45) is 14.4. The summed E-state index contributed by atoms with van der Waals surface area (Å²) in [7, 11) is 0. The maximum absolute atomic E-state index is 10.3. The van der Waals surface area contributed by atoms with Crippen LogP contribution in [0, 0.1) is 0 Å². The number of nitrogens with zero attached hydrogens (tertiary/aromatic N) is 3. The van der Waals surface area contributed by atoms with Crippen molar-refractivity contribution in [3.8, 4) is 11.4 Å². The second kappa shape index (κ2) is 12.9. The number of aryl methyl sites for hydroxylation is 1. The summed E-state index contributed by atoms with van der Waals surface area (Å²) < 4.78 is 5.37. The van der Waals surface area contributed by atoms with Crippen molar-refractivity contribution < 1.29 is 9.63 Å². The Hall–Kier alpha value is -1.72. The number of rotatable bonds is 14. The second-order valence-corrected chi connectivity index (χ2v) is 8.80. The predicted molar refractivity (Wildman–Crippen MR) is 121 cm³/mol. The molecule has 1 fully saturated rings. The number of hydrogen-bond acceptors (Lipinski definition) is 5. The third-order valence-electron chi connectivity index (χ3n) is 6.08. The summed E-state index contributed by atoms with van der Waals surface area (Å²) in [5.41, 5.74) is 2.34. The molecule has 30 heavy (non-hydrogen) atoms. The molecule has 0 bridgehead atoms. The molecule has 5 heteroatoms. The van der Waals surface area contributed by atoms with E-state index in [1.807, 2.05) is 0 Å². The number of unbranched alkanes of at least 4 members (excludes halogenated alkanes) is 7. The number of aliphatic hydroxyl groups is 1. The van der Waals surface area contributed by atoms with Gasteiger partial charge in [-0.25, -0.2) is 0 Å². The Kier molecular flexibility index (Phi) is 9.84. The summed E-state index contributed by atoms with van der Waals surface area (Å²) in [5, 5.41) is 14.4. The second-order valence-electron chi connectivity index (χ2n) is 8.80. The number of aliphatic hydroxyl groups excluding tert-OH is 1. The van der Waals surface area contributed by atoms with Gasteiger partial charge in [-0.3, -0.25) is 0 Å². The van der Waals surface area contributed by atoms with Crippen LogP contribution in [0.1, 0.15) is 82.6 Å². The minimum Gasteiger partial charge on any atom is -0.391 e. The van der Waals surface area contributed by atoms with Crippen LogP contribution in [0.15, 0.2) is 28.8 Å². The van der Waals surface area contributed by atoms with Crippen molar-refractivity contribution in [2.24, 2.45) is 0 Å². The van der Waals surface area contributed by atoms with Gasteiger partial charge in [0, 0.05) is 12.1 Å². The van der Waals surface area contributed by atoms with Crippen molar-refractivity contribution in [2.75, 3.05) is 19.6 Å². The Morgan fingerprint density at radius 1 is 0.967 bits per heavy atom. The fraction of sp³-hybridized carbons (Fsp3) is 0.680. The predicted octanol–water partition coefficient (Wildman–Crippen LogP) is 5.42. The van der Waals surface area contributed by atoms with Gasteiger partial charge in [0.25, 0.3) is 0 Å². The summed E-state index contributed by atoms with van der Waals surface area (Å²) >= 11 is 0. The van der Waals surface area contributed by atoms with Gasteiger partial charge in [-0.2, -0.15) is 4.98 Å². The summed E-state index contributed by atoms with van der Waals surface area (Å²) in [4.78, 5) is 6.78. The van der Waals surface area contributed by atoms with Crippen molar-refractivity contribution in [3.05, 3.63) is 35.7 Å². The van der Waals surface area contributed by atoms with E-state index in [0.717, 1.165) is 25.1 Å². The molecule has 0 spiro atoms. The Morgan fingerprint density at radius 3 is 2.33 bits per heavy atom. The molecule has 1 saturated heterocycles. The summed E-state index contributed by atoms with van der Waals surface area (Å²) in [6.45, 7) is 5.11. The molecule has 0 radical (unpaired) electrons. The minimum absolute atomic E-state index is 0.417. The molecule has 1 aromatic heterocycles. The van der Waals surface area contributed by atoms with Gasteiger partial charge < -0.3 is 14.5 Å². The molecule has 1 unspecified atom stereocenters. The third-order valence-corrected chi connectivity index (χ3v) is 6.08. The Morgan fingerprint density at radius 2 is 1.63 bits per heavy atom. The quantitative estimate of drug-likeness (QED) is 0.419. The first-order valence-corrected chi connectivity index (χ1v) is 12.1. The van der Waals surface area contributed by atoms with Crippen LogP contribution in [0.5, 0.6) is 0 Å². The maximum Gasteiger partial charge on any atom is 0.229 e. The highest BCUT2D eigenvalue weighted by Crippen LogP contribution is 2.19. The fourth-order valence-electron chi connectivity index (χ4n) is 4.27. The van der Waals surface area contributed by atoms with Crippen LogP contribution in [-0.4, -0.2) is 45.9 Å². The van der Waals surface area contributed by atoms with Crippen LogP contribution in [0.25, 0.3) is 11.4 Å². The maximum atomic E-state index is 10.3. The smallest absolute Gasteiger partial charge is 0.229 e. The first kappa shape index (κ1) is 23.0. The Labute approximate surface area is 181 Å². The lowest BCUT2D eigenvalue weighted by Gasteiger charge is -2.17. The zero-order valence-electron chi connectivity index (χ0n) is 18.7. The average molecular weight is 414 g/mol. The van der Waals surface area contributed by atoms with Crippen molar-refractivity contribution in [3.63, 3.8) is 0 Å². The molecular weight excluding hydrogens is 374 g/mol. The highest BCUT2D eigenvalue weighted by molar-refractivity contribution is 5.54. The van der Waals surface area contributed by atoms with E-state index in [1.54, 1.807) is 0 Å². The number of β-amino-alcohol motifs (C(OH)–C–C–N with tert-alkyl or cyclic N) is 1. The van der Waals surface area contributed by atoms with Gasteiger partial charge in [-0.1, -0.05) is 81.3 Å². The molecule has 1 atom stereocenters. The van der Waals surface area contributed by atoms with Gasteiger partial charge in [-0.15, -0.1) is 0 Å². The monoisotopic (exact) mass is 413 g/mol. The van der Waals surface area contributed by atoms with Crippen LogP contribution in [0.3, 0.4) is 0 Å². The zero-order valence-corrected chi connectivity index (χ0v) is 18.7. The van der Waals surface area contributed by atoms with Gasteiger partial charge in [0.1, 0.15) is 0 Å². The largest absolute Gasteiger partial charge is 0.391 e. The van der Waals surface area contributed by atoms with Crippen LogP contribution < -0.4 is 0 Å². The van der Waals surface area contributed by atoms with E-state index in [9.17, 15) is 5.11 Å². The first-order chi connectivity index (χ1) is 14.7. The van der Waals surface area contributed by atoms with E-state index in [0.29, 0.717) is 24.7 Å². The lowest BCUT2D eigenvalue weighted by molar-refractivity contribution is 0.117. The number of aromatic nitrogens is 2. The molecule has 1 aliphatic rings. The minimum atomic E-state index is -0.453. The van der Waals surface area contributed by atoms with Gasteiger partial charge in [0.2, 0.25) is 11.7 Å². The van der Waals surface area contributed by atoms with Crippen molar-refractivity contribution in [1.82, 2.24) is 15.0 Å².